The second-order valence-corrected chi connectivity index (χ2v) is 3.74. The van der Waals surface area contributed by atoms with Gasteiger partial charge in [-0.15, -0.1) is 0 Å². The van der Waals surface area contributed by atoms with Crippen molar-refractivity contribution in [1.29, 1.82) is 0 Å². The maximum absolute atomic E-state index is 11.5. The Morgan fingerprint density at radius 3 is 3.00 bits per heavy atom. The summed E-state index contributed by atoms with van der Waals surface area (Å²) in [6.07, 6.45) is 1.31. The van der Waals surface area contributed by atoms with E-state index in [1.807, 2.05) is 0 Å². The first-order chi connectivity index (χ1) is 8.13. The van der Waals surface area contributed by atoms with E-state index < -0.39 is 12.1 Å². The number of hydrogen-bond donors (Lipinski definition) is 1. The van der Waals surface area contributed by atoms with Crippen LogP contribution in [0.4, 0.5) is 4.79 Å². The molecule has 1 unspecified atom stereocenters. The van der Waals surface area contributed by atoms with Crippen LogP contribution in [0.25, 0.3) is 0 Å². The normalized spacial score (nSPS) is 19.8. The number of amides is 1. The van der Waals surface area contributed by atoms with Crippen LogP contribution in [-0.4, -0.2) is 54.5 Å². The number of ether oxygens (including phenoxy) is 2. The van der Waals surface area contributed by atoms with Crippen molar-refractivity contribution in [3.05, 3.63) is 12.7 Å². The molecular formula is C11H17NO5. The largest absolute Gasteiger partial charge is 0.481 e. The molecular weight excluding hydrogens is 226 g/mol. The van der Waals surface area contributed by atoms with Crippen LogP contribution >= 0.6 is 0 Å². The number of rotatable bonds is 5. The first kappa shape index (κ1) is 13.5. The van der Waals surface area contributed by atoms with Gasteiger partial charge in [-0.05, 0) is 6.42 Å². The SMILES string of the molecule is C=CCOC(=O)N1CCOC(CCC(=O)O)C1. The van der Waals surface area contributed by atoms with Gasteiger partial charge in [-0.1, -0.05) is 12.7 Å². The van der Waals surface area contributed by atoms with E-state index in [2.05, 4.69) is 6.58 Å². The summed E-state index contributed by atoms with van der Waals surface area (Å²) >= 11 is 0. The van der Waals surface area contributed by atoms with E-state index in [0.29, 0.717) is 26.1 Å². The lowest BCUT2D eigenvalue weighted by Crippen LogP contribution is -2.46. The molecule has 0 aliphatic carbocycles. The zero-order chi connectivity index (χ0) is 12.7. The summed E-state index contributed by atoms with van der Waals surface area (Å²) in [5, 5.41) is 8.56. The summed E-state index contributed by atoms with van der Waals surface area (Å²) in [5.41, 5.74) is 0. The molecule has 1 N–H and O–H groups in total. The summed E-state index contributed by atoms with van der Waals surface area (Å²) < 4.78 is 10.3. The highest BCUT2D eigenvalue weighted by Gasteiger charge is 2.25. The monoisotopic (exact) mass is 243 g/mol. The van der Waals surface area contributed by atoms with Gasteiger partial charge < -0.3 is 19.5 Å². The van der Waals surface area contributed by atoms with Gasteiger partial charge in [-0.25, -0.2) is 4.79 Å². The molecule has 0 aromatic carbocycles. The number of carbonyl (C=O) groups is 2. The fraction of sp³-hybridized carbons (Fsp3) is 0.636. The Morgan fingerprint density at radius 2 is 2.35 bits per heavy atom. The Balaban J connectivity index is 2.34. The Labute approximate surface area is 99.8 Å². The summed E-state index contributed by atoms with van der Waals surface area (Å²) in [7, 11) is 0. The van der Waals surface area contributed by atoms with Crippen LogP contribution in [0.15, 0.2) is 12.7 Å². The van der Waals surface area contributed by atoms with Gasteiger partial charge in [-0.2, -0.15) is 0 Å². The van der Waals surface area contributed by atoms with E-state index in [9.17, 15) is 9.59 Å². The average molecular weight is 243 g/mol. The molecule has 1 atom stereocenters. The Hall–Kier alpha value is -1.56. The highest BCUT2D eigenvalue weighted by molar-refractivity contribution is 5.68. The van der Waals surface area contributed by atoms with E-state index >= 15 is 0 Å². The van der Waals surface area contributed by atoms with Gasteiger partial charge in [0.2, 0.25) is 0 Å². The van der Waals surface area contributed by atoms with Crippen molar-refractivity contribution in [1.82, 2.24) is 4.90 Å². The summed E-state index contributed by atoms with van der Waals surface area (Å²) in [6, 6.07) is 0. The zero-order valence-electron chi connectivity index (χ0n) is 9.63. The molecule has 0 radical (unpaired) electrons. The molecule has 6 nitrogen and oxygen atoms in total. The van der Waals surface area contributed by atoms with Gasteiger partial charge in [0.25, 0.3) is 0 Å². The highest BCUT2D eigenvalue weighted by atomic mass is 16.6. The van der Waals surface area contributed by atoms with Gasteiger partial charge in [0.15, 0.2) is 0 Å². The summed E-state index contributed by atoms with van der Waals surface area (Å²) in [6.45, 7) is 4.89. The van der Waals surface area contributed by atoms with Crippen molar-refractivity contribution in [2.24, 2.45) is 0 Å². The molecule has 0 spiro atoms. The number of carbonyl (C=O) groups excluding carboxylic acids is 1. The molecule has 0 aromatic rings. The fourth-order valence-corrected chi connectivity index (χ4v) is 1.57. The van der Waals surface area contributed by atoms with Crippen LogP contribution in [0.5, 0.6) is 0 Å². The lowest BCUT2D eigenvalue weighted by atomic mass is 10.1. The predicted molar refractivity (Wildman–Crippen MR) is 59.7 cm³/mol. The summed E-state index contributed by atoms with van der Waals surface area (Å²) in [4.78, 5) is 23.5. The number of carboxylic acid groups (broad SMARTS) is 1. The van der Waals surface area contributed by atoms with Gasteiger partial charge in [0.1, 0.15) is 6.61 Å². The number of carboxylic acids is 1. The number of morpholine rings is 1. The lowest BCUT2D eigenvalue weighted by molar-refractivity contribution is -0.138. The number of aliphatic carboxylic acids is 1. The third-order valence-electron chi connectivity index (χ3n) is 2.40. The van der Waals surface area contributed by atoms with E-state index in [1.165, 1.54) is 11.0 Å². The lowest BCUT2D eigenvalue weighted by Gasteiger charge is -2.31. The standard InChI is InChI=1S/C11H17NO5/c1-2-6-17-11(15)12-5-7-16-9(8-12)3-4-10(13)14/h2,9H,1,3-8H2,(H,13,14). The molecule has 1 rings (SSSR count). The van der Waals surface area contributed by atoms with Crippen LogP contribution in [0.3, 0.4) is 0 Å². The first-order valence-electron chi connectivity index (χ1n) is 5.49. The molecule has 17 heavy (non-hydrogen) atoms. The molecule has 6 heteroatoms. The molecule has 1 saturated heterocycles. The minimum atomic E-state index is -0.861. The van der Waals surface area contributed by atoms with Crippen molar-refractivity contribution >= 4 is 12.1 Å². The number of nitrogens with zero attached hydrogens (tertiary/aromatic N) is 1. The van der Waals surface area contributed by atoms with Crippen molar-refractivity contribution in [3.8, 4) is 0 Å². The van der Waals surface area contributed by atoms with Crippen LogP contribution in [0.1, 0.15) is 12.8 Å². The molecule has 0 saturated carbocycles. The molecule has 96 valence electrons. The molecule has 0 aromatic heterocycles. The van der Waals surface area contributed by atoms with Gasteiger partial charge in [-0.3, -0.25) is 4.79 Å². The minimum absolute atomic E-state index is 0.0419. The van der Waals surface area contributed by atoms with E-state index in [1.54, 1.807) is 0 Å². The molecule has 1 heterocycles. The quantitative estimate of drug-likeness (QED) is 0.725. The average Bonchev–Trinajstić information content (AvgIpc) is 2.33. The third kappa shape index (κ3) is 4.86. The first-order valence-corrected chi connectivity index (χ1v) is 5.49. The second kappa shape index (κ2) is 6.90. The Bertz CT molecular complexity index is 292. The predicted octanol–water partition coefficient (Wildman–Crippen LogP) is 0.875. The maximum atomic E-state index is 11.5. The molecule has 1 aliphatic heterocycles. The Kier molecular flexibility index (Phi) is 5.48. The molecule has 0 bridgehead atoms. The van der Waals surface area contributed by atoms with Gasteiger partial charge in [0.05, 0.1) is 19.3 Å². The van der Waals surface area contributed by atoms with Crippen molar-refractivity contribution in [2.75, 3.05) is 26.3 Å². The topological polar surface area (TPSA) is 76.1 Å². The van der Waals surface area contributed by atoms with Crippen LogP contribution in [0.2, 0.25) is 0 Å². The van der Waals surface area contributed by atoms with Crippen molar-refractivity contribution in [2.45, 2.75) is 18.9 Å². The third-order valence-corrected chi connectivity index (χ3v) is 2.40. The molecule has 1 fully saturated rings. The summed E-state index contributed by atoms with van der Waals surface area (Å²) in [5.74, 6) is -0.861. The minimum Gasteiger partial charge on any atom is -0.481 e. The van der Waals surface area contributed by atoms with E-state index in [4.69, 9.17) is 14.6 Å². The van der Waals surface area contributed by atoms with Crippen LogP contribution in [0, 0.1) is 0 Å². The highest BCUT2D eigenvalue weighted by Crippen LogP contribution is 2.11. The van der Waals surface area contributed by atoms with Crippen LogP contribution in [-0.2, 0) is 14.3 Å². The second-order valence-electron chi connectivity index (χ2n) is 3.74. The molecule has 1 aliphatic rings. The van der Waals surface area contributed by atoms with Crippen LogP contribution < -0.4 is 0 Å². The van der Waals surface area contributed by atoms with Gasteiger partial charge in [0, 0.05) is 13.0 Å². The van der Waals surface area contributed by atoms with Crippen molar-refractivity contribution in [3.63, 3.8) is 0 Å². The van der Waals surface area contributed by atoms with Gasteiger partial charge >= 0.3 is 12.1 Å². The zero-order valence-corrected chi connectivity index (χ0v) is 9.63. The van der Waals surface area contributed by atoms with E-state index in [-0.39, 0.29) is 19.1 Å². The smallest absolute Gasteiger partial charge is 0.410 e. The fourth-order valence-electron chi connectivity index (χ4n) is 1.57. The maximum Gasteiger partial charge on any atom is 0.410 e. The van der Waals surface area contributed by atoms with E-state index in [0.717, 1.165) is 0 Å². The number of hydrogen-bond acceptors (Lipinski definition) is 4. The molecule has 1 amide bonds. The Morgan fingerprint density at radius 1 is 1.59 bits per heavy atom. The van der Waals surface area contributed by atoms with Crippen molar-refractivity contribution < 1.29 is 24.2 Å².